The molecule has 0 saturated carbocycles. The fourth-order valence-corrected chi connectivity index (χ4v) is 2.93. The van der Waals surface area contributed by atoms with E-state index in [-0.39, 0.29) is 17.1 Å². The van der Waals surface area contributed by atoms with Gasteiger partial charge >= 0.3 is 6.18 Å². The highest BCUT2D eigenvalue weighted by molar-refractivity contribution is 5.81. The number of rotatable bonds is 5. The molecule has 7 heteroatoms. The molecule has 0 radical (unpaired) electrons. The van der Waals surface area contributed by atoms with Crippen LogP contribution in [0, 0.1) is 0 Å². The molecule has 0 unspecified atom stereocenters. The number of hydrogen-bond acceptors (Lipinski definition) is 3. The van der Waals surface area contributed by atoms with E-state index >= 15 is 0 Å². The maximum absolute atomic E-state index is 13.5. The first kappa shape index (κ1) is 19.0. The van der Waals surface area contributed by atoms with Crippen LogP contribution in [-0.4, -0.2) is 27.9 Å². The van der Waals surface area contributed by atoms with E-state index in [1.54, 1.807) is 30.3 Å². The Bertz CT molecular complexity index is 822. The Morgan fingerprint density at radius 3 is 2.22 bits per heavy atom. The monoisotopic (exact) mass is 376 g/mol. The molecule has 0 aliphatic carbocycles. The highest BCUT2D eigenvalue weighted by Crippen LogP contribution is 2.40. The molecule has 0 fully saturated rings. The van der Waals surface area contributed by atoms with Gasteiger partial charge < -0.3 is 5.11 Å². The van der Waals surface area contributed by atoms with Gasteiger partial charge in [0, 0.05) is 12.5 Å². The summed E-state index contributed by atoms with van der Waals surface area (Å²) in [5.41, 5.74) is 0.513. The molecule has 2 aromatic rings. The van der Waals surface area contributed by atoms with Crippen molar-refractivity contribution in [1.82, 2.24) is 10.4 Å². The summed E-state index contributed by atoms with van der Waals surface area (Å²) < 4.78 is 40.5. The van der Waals surface area contributed by atoms with Crippen molar-refractivity contribution in [3.8, 4) is 0 Å². The van der Waals surface area contributed by atoms with Gasteiger partial charge in [-0.25, -0.2) is 5.01 Å². The minimum atomic E-state index is -5.04. The summed E-state index contributed by atoms with van der Waals surface area (Å²) in [6.07, 6.45) is -3.60. The highest BCUT2D eigenvalue weighted by Gasteiger charge is 2.61. The molecule has 4 nitrogen and oxygen atoms in total. The first-order chi connectivity index (χ1) is 12.8. The lowest BCUT2D eigenvalue weighted by molar-refractivity contribution is -0.288. The SMILES string of the molecule is O=C(CCCc1ccccc1)N1NC(c2ccccc2)=C[C@@]1(O)C(F)(F)F. The summed E-state index contributed by atoms with van der Waals surface area (Å²) in [5.74, 6) is -0.826. The van der Waals surface area contributed by atoms with Crippen LogP contribution in [0.4, 0.5) is 13.2 Å². The summed E-state index contributed by atoms with van der Waals surface area (Å²) in [6, 6.07) is 17.6. The fourth-order valence-electron chi connectivity index (χ4n) is 2.93. The predicted molar refractivity (Wildman–Crippen MR) is 94.8 cm³/mol. The molecule has 1 amide bonds. The van der Waals surface area contributed by atoms with Crippen molar-refractivity contribution in [3.05, 3.63) is 77.9 Å². The second kappa shape index (κ2) is 7.44. The molecule has 3 rings (SSSR count). The van der Waals surface area contributed by atoms with E-state index in [4.69, 9.17) is 0 Å². The zero-order valence-corrected chi connectivity index (χ0v) is 14.4. The van der Waals surface area contributed by atoms with Crippen molar-refractivity contribution < 1.29 is 23.1 Å². The van der Waals surface area contributed by atoms with Gasteiger partial charge in [0.05, 0.1) is 5.70 Å². The smallest absolute Gasteiger partial charge is 0.359 e. The Kier molecular flexibility index (Phi) is 5.23. The Morgan fingerprint density at radius 1 is 1.04 bits per heavy atom. The Morgan fingerprint density at radius 2 is 1.63 bits per heavy atom. The van der Waals surface area contributed by atoms with Crippen LogP contribution in [-0.2, 0) is 11.2 Å². The van der Waals surface area contributed by atoms with E-state index in [9.17, 15) is 23.1 Å². The number of benzene rings is 2. The molecule has 1 aliphatic rings. The molecule has 142 valence electrons. The van der Waals surface area contributed by atoms with E-state index in [0.29, 0.717) is 24.5 Å². The second-order valence-corrected chi connectivity index (χ2v) is 6.33. The van der Waals surface area contributed by atoms with E-state index in [1.807, 2.05) is 30.3 Å². The molecule has 1 atom stereocenters. The van der Waals surface area contributed by atoms with Crippen molar-refractivity contribution in [2.45, 2.75) is 31.2 Å². The minimum absolute atomic E-state index is 0.0341. The Hall–Kier alpha value is -2.80. The van der Waals surface area contributed by atoms with Crippen LogP contribution in [0.5, 0.6) is 0 Å². The topological polar surface area (TPSA) is 52.6 Å². The number of hydrazine groups is 1. The van der Waals surface area contributed by atoms with Crippen LogP contribution >= 0.6 is 0 Å². The second-order valence-electron chi connectivity index (χ2n) is 6.33. The van der Waals surface area contributed by atoms with Gasteiger partial charge in [0.25, 0.3) is 5.72 Å². The lowest BCUT2D eigenvalue weighted by Crippen LogP contribution is -2.60. The molecule has 2 N–H and O–H groups in total. The summed E-state index contributed by atoms with van der Waals surface area (Å²) in [4.78, 5) is 12.4. The first-order valence-electron chi connectivity index (χ1n) is 8.52. The minimum Gasteiger partial charge on any atom is -0.359 e. The van der Waals surface area contributed by atoms with Gasteiger partial charge in [0.2, 0.25) is 5.91 Å². The van der Waals surface area contributed by atoms with Crippen molar-refractivity contribution >= 4 is 11.6 Å². The van der Waals surface area contributed by atoms with Gasteiger partial charge in [-0.2, -0.15) is 13.2 Å². The van der Waals surface area contributed by atoms with Crippen LogP contribution < -0.4 is 5.43 Å². The van der Waals surface area contributed by atoms with E-state index < -0.39 is 17.8 Å². The summed E-state index contributed by atoms with van der Waals surface area (Å²) >= 11 is 0. The average Bonchev–Trinajstić information content (AvgIpc) is 3.02. The van der Waals surface area contributed by atoms with E-state index in [0.717, 1.165) is 5.56 Å². The molecular weight excluding hydrogens is 357 g/mol. The van der Waals surface area contributed by atoms with Crippen LogP contribution in [0.2, 0.25) is 0 Å². The molecule has 0 saturated heterocycles. The van der Waals surface area contributed by atoms with E-state index in [1.165, 1.54) is 0 Å². The number of alkyl halides is 3. The summed E-state index contributed by atoms with van der Waals surface area (Å²) in [7, 11) is 0. The van der Waals surface area contributed by atoms with Gasteiger partial charge in [-0.05, 0) is 24.0 Å². The molecular formula is C20H19F3N2O2. The number of carbonyl (C=O) groups excluding carboxylic acids is 1. The number of aryl methyl sites for hydroxylation is 1. The molecule has 27 heavy (non-hydrogen) atoms. The third-order valence-electron chi connectivity index (χ3n) is 4.37. The molecule has 0 bridgehead atoms. The zero-order valence-electron chi connectivity index (χ0n) is 14.4. The van der Waals surface area contributed by atoms with Crippen LogP contribution in [0.3, 0.4) is 0 Å². The zero-order chi connectivity index (χ0) is 19.5. The number of halogens is 3. The number of nitrogens with one attached hydrogen (secondary N) is 1. The lowest BCUT2D eigenvalue weighted by atomic mass is 10.1. The van der Waals surface area contributed by atoms with Crippen LogP contribution in [0.1, 0.15) is 24.0 Å². The van der Waals surface area contributed by atoms with Crippen LogP contribution in [0.25, 0.3) is 5.70 Å². The standard InChI is InChI=1S/C20H19F3N2O2/c21-20(22,23)19(27)14-17(16-11-5-2-6-12-16)24-25(19)18(26)13-7-10-15-8-3-1-4-9-15/h1-6,8-9,11-12,14,24,27H,7,10,13H2/t19-/m1/s1. The number of carbonyl (C=O) groups is 1. The van der Waals surface area contributed by atoms with Crippen LogP contribution in [0.15, 0.2) is 66.7 Å². The molecule has 0 aromatic heterocycles. The van der Waals surface area contributed by atoms with Crippen molar-refractivity contribution in [2.24, 2.45) is 0 Å². The number of hydrogen-bond donors (Lipinski definition) is 2. The number of nitrogens with zero attached hydrogens (tertiary/aromatic N) is 1. The number of aliphatic hydroxyl groups is 1. The predicted octanol–water partition coefficient (Wildman–Crippen LogP) is 3.65. The van der Waals surface area contributed by atoms with Crippen molar-refractivity contribution in [1.29, 1.82) is 0 Å². The maximum atomic E-state index is 13.5. The summed E-state index contributed by atoms with van der Waals surface area (Å²) in [5, 5.41) is 10.5. The lowest BCUT2D eigenvalue weighted by Gasteiger charge is -2.33. The quantitative estimate of drug-likeness (QED) is 0.838. The summed E-state index contributed by atoms with van der Waals surface area (Å²) in [6.45, 7) is 0. The first-order valence-corrected chi connectivity index (χ1v) is 8.52. The third kappa shape index (κ3) is 3.98. The average molecular weight is 376 g/mol. The van der Waals surface area contributed by atoms with Gasteiger partial charge in [0.1, 0.15) is 0 Å². The molecule has 1 aliphatic heterocycles. The van der Waals surface area contributed by atoms with Crippen molar-refractivity contribution in [3.63, 3.8) is 0 Å². The normalized spacial score (nSPS) is 19.6. The van der Waals surface area contributed by atoms with Crippen molar-refractivity contribution in [2.75, 3.05) is 0 Å². The van der Waals surface area contributed by atoms with E-state index in [2.05, 4.69) is 5.43 Å². The Labute approximate surface area is 154 Å². The van der Waals surface area contributed by atoms with Gasteiger partial charge in [-0.3, -0.25) is 10.2 Å². The molecule has 2 aromatic carbocycles. The van der Waals surface area contributed by atoms with Gasteiger partial charge in [0.15, 0.2) is 0 Å². The van der Waals surface area contributed by atoms with Gasteiger partial charge in [-0.1, -0.05) is 60.7 Å². The third-order valence-corrected chi connectivity index (χ3v) is 4.37. The fraction of sp³-hybridized carbons (Fsp3) is 0.250. The highest BCUT2D eigenvalue weighted by atomic mass is 19.4. The van der Waals surface area contributed by atoms with Gasteiger partial charge in [-0.15, -0.1) is 0 Å². The Balaban J connectivity index is 1.74. The molecule has 1 heterocycles. The number of amides is 1. The largest absolute Gasteiger partial charge is 0.442 e. The maximum Gasteiger partial charge on any atom is 0.442 e. The molecule has 0 spiro atoms.